The Morgan fingerprint density at radius 1 is 1.10 bits per heavy atom. The van der Waals surface area contributed by atoms with Crippen molar-refractivity contribution in [2.24, 2.45) is 7.05 Å². The molecule has 1 aromatic carbocycles. The van der Waals surface area contributed by atoms with Crippen molar-refractivity contribution in [3.8, 4) is 11.4 Å². The zero-order valence-corrected chi connectivity index (χ0v) is 17.3. The summed E-state index contributed by atoms with van der Waals surface area (Å²) in [5, 5.41) is 8.50. The van der Waals surface area contributed by atoms with Gasteiger partial charge in [-0.3, -0.25) is 14.5 Å². The fraction of sp³-hybridized carbons (Fsp3) is 0.261. The molecular weight excluding hydrogens is 392 g/mol. The third kappa shape index (κ3) is 3.61. The van der Waals surface area contributed by atoms with E-state index in [0.717, 1.165) is 16.8 Å². The van der Waals surface area contributed by atoms with Crippen LogP contribution in [0.1, 0.15) is 39.3 Å². The number of hydrogen-bond donors (Lipinski definition) is 0. The lowest BCUT2D eigenvalue weighted by Gasteiger charge is -2.16. The highest BCUT2D eigenvalue weighted by atomic mass is 16.5. The van der Waals surface area contributed by atoms with Crippen LogP contribution in [0.4, 0.5) is 0 Å². The summed E-state index contributed by atoms with van der Waals surface area (Å²) < 4.78 is 7.35. The van der Waals surface area contributed by atoms with Crippen LogP contribution in [0.15, 0.2) is 65.6 Å². The van der Waals surface area contributed by atoms with Gasteiger partial charge in [-0.15, -0.1) is 0 Å². The van der Waals surface area contributed by atoms with E-state index in [-0.39, 0.29) is 17.7 Å². The summed E-state index contributed by atoms with van der Waals surface area (Å²) in [7, 11) is 1.82. The first kappa shape index (κ1) is 19.2. The smallest absolute Gasteiger partial charge is 0.257 e. The Bertz CT molecular complexity index is 1200. The minimum atomic E-state index is -0.116. The molecule has 0 radical (unpaired) electrons. The van der Waals surface area contributed by atoms with Gasteiger partial charge in [0.2, 0.25) is 11.7 Å². The van der Waals surface area contributed by atoms with E-state index >= 15 is 0 Å². The van der Waals surface area contributed by atoms with Crippen LogP contribution in [-0.4, -0.2) is 48.8 Å². The number of benzene rings is 1. The molecule has 0 bridgehead atoms. The summed E-state index contributed by atoms with van der Waals surface area (Å²) in [6.07, 6.45) is 5.36. The Morgan fingerprint density at radius 3 is 2.61 bits per heavy atom. The first-order valence-corrected chi connectivity index (χ1v) is 10.2. The lowest BCUT2D eigenvalue weighted by molar-refractivity contribution is 0.0787. The zero-order valence-electron chi connectivity index (χ0n) is 17.3. The van der Waals surface area contributed by atoms with Gasteiger partial charge in [0.05, 0.1) is 17.2 Å². The zero-order chi connectivity index (χ0) is 21.4. The lowest BCUT2D eigenvalue weighted by Crippen LogP contribution is -2.29. The van der Waals surface area contributed by atoms with E-state index in [0.29, 0.717) is 30.4 Å². The number of carbonyl (C=O) groups excluding carboxylic acids is 1. The predicted octanol–water partition coefficient (Wildman–Crippen LogP) is 3.20. The molecule has 5 rings (SSSR count). The molecule has 1 aliphatic rings. The second-order valence-corrected chi connectivity index (χ2v) is 7.83. The number of pyridine rings is 1. The van der Waals surface area contributed by atoms with E-state index < -0.39 is 0 Å². The van der Waals surface area contributed by atoms with Gasteiger partial charge in [-0.25, -0.2) is 0 Å². The average Bonchev–Trinajstić information content (AvgIpc) is 3.52. The van der Waals surface area contributed by atoms with Gasteiger partial charge in [0.25, 0.3) is 5.91 Å². The quantitative estimate of drug-likeness (QED) is 0.509. The summed E-state index contributed by atoms with van der Waals surface area (Å²) in [5.41, 5.74) is 3.28. The monoisotopic (exact) mass is 414 g/mol. The highest BCUT2D eigenvalue weighted by molar-refractivity contribution is 5.95. The van der Waals surface area contributed by atoms with Crippen LogP contribution in [0.3, 0.4) is 0 Å². The largest absolute Gasteiger partial charge is 0.339 e. The minimum Gasteiger partial charge on any atom is -0.339 e. The topological polar surface area (TPSA) is 89.9 Å². The molecule has 31 heavy (non-hydrogen) atoms. The Kier molecular flexibility index (Phi) is 4.82. The summed E-state index contributed by atoms with van der Waals surface area (Å²) in [6, 6.07) is 13.7. The molecule has 0 saturated carbocycles. The van der Waals surface area contributed by atoms with Gasteiger partial charge in [-0.1, -0.05) is 41.6 Å². The summed E-state index contributed by atoms with van der Waals surface area (Å²) >= 11 is 0. The van der Waals surface area contributed by atoms with E-state index in [2.05, 4.69) is 20.2 Å². The maximum absolute atomic E-state index is 13.3. The van der Waals surface area contributed by atoms with Crippen molar-refractivity contribution < 1.29 is 9.32 Å². The number of hydrogen-bond acceptors (Lipinski definition) is 6. The number of rotatable bonds is 4. The van der Waals surface area contributed by atoms with E-state index in [9.17, 15) is 4.79 Å². The van der Waals surface area contributed by atoms with Crippen LogP contribution < -0.4 is 0 Å². The number of carbonyl (C=O) groups is 1. The van der Waals surface area contributed by atoms with Crippen LogP contribution in [0.2, 0.25) is 0 Å². The van der Waals surface area contributed by atoms with E-state index in [4.69, 9.17) is 4.52 Å². The SMILES string of the molecule is Cc1nn(C)cc1C(=O)N1C[C@@H](c2cccnc2)[C@H](c2nc(-c3ccccc3)no2)C1. The average molecular weight is 414 g/mol. The van der Waals surface area contributed by atoms with Crippen LogP contribution in [0.5, 0.6) is 0 Å². The van der Waals surface area contributed by atoms with Gasteiger partial charge in [0.15, 0.2) is 0 Å². The van der Waals surface area contributed by atoms with Crippen LogP contribution in [-0.2, 0) is 7.05 Å². The fourth-order valence-corrected chi connectivity index (χ4v) is 4.22. The van der Waals surface area contributed by atoms with Crippen molar-refractivity contribution in [3.05, 3.63) is 83.8 Å². The van der Waals surface area contributed by atoms with Crippen LogP contribution in [0, 0.1) is 6.92 Å². The third-order valence-corrected chi connectivity index (χ3v) is 5.75. The van der Waals surface area contributed by atoms with Gasteiger partial charge in [-0.05, 0) is 18.6 Å². The lowest BCUT2D eigenvalue weighted by atomic mass is 9.90. The molecule has 4 heterocycles. The normalized spacial score (nSPS) is 18.5. The molecule has 2 atom stereocenters. The number of aryl methyl sites for hydroxylation is 2. The first-order chi connectivity index (χ1) is 15.1. The fourth-order valence-electron chi connectivity index (χ4n) is 4.22. The molecule has 0 aliphatic carbocycles. The molecule has 0 N–H and O–H groups in total. The number of aromatic nitrogens is 5. The van der Waals surface area contributed by atoms with Crippen LogP contribution in [0.25, 0.3) is 11.4 Å². The Hall–Kier alpha value is -3.81. The molecule has 0 spiro atoms. The Morgan fingerprint density at radius 2 is 1.90 bits per heavy atom. The predicted molar refractivity (Wildman–Crippen MR) is 113 cm³/mol. The summed E-state index contributed by atoms with van der Waals surface area (Å²) in [5.74, 6) is 0.943. The second kappa shape index (κ2) is 7.79. The Balaban J connectivity index is 1.48. The van der Waals surface area contributed by atoms with Gasteiger partial charge < -0.3 is 9.42 Å². The molecule has 1 amide bonds. The van der Waals surface area contributed by atoms with E-state index in [1.54, 1.807) is 17.1 Å². The molecule has 8 heteroatoms. The molecule has 8 nitrogen and oxygen atoms in total. The maximum Gasteiger partial charge on any atom is 0.257 e. The van der Waals surface area contributed by atoms with Gasteiger partial charge in [-0.2, -0.15) is 10.1 Å². The van der Waals surface area contributed by atoms with Crippen LogP contribution >= 0.6 is 0 Å². The molecule has 1 saturated heterocycles. The second-order valence-electron chi connectivity index (χ2n) is 7.83. The molecule has 3 aromatic heterocycles. The number of nitrogens with zero attached hydrogens (tertiary/aromatic N) is 6. The van der Waals surface area contributed by atoms with Crippen molar-refractivity contribution in [3.63, 3.8) is 0 Å². The highest BCUT2D eigenvalue weighted by Gasteiger charge is 2.41. The van der Waals surface area contributed by atoms with E-state index in [1.165, 1.54) is 0 Å². The molecule has 1 fully saturated rings. The standard InChI is InChI=1S/C23H22N6O2/c1-15-18(12-28(2)26-15)23(30)29-13-19(17-9-6-10-24-11-17)20(14-29)22-25-21(27-31-22)16-7-4-3-5-8-16/h3-12,19-20H,13-14H2,1-2H3/t19-,20+/m0/s1. The van der Waals surface area contributed by atoms with Crippen molar-refractivity contribution in [2.45, 2.75) is 18.8 Å². The van der Waals surface area contributed by atoms with E-state index in [1.807, 2.05) is 67.5 Å². The molecule has 0 unspecified atom stereocenters. The summed E-state index contributed by atoms with van der Waals surface area (Å²) in [6.45, 7) is 2.89. The van der Waals surface area contributed by atoms with Gasteiger partial charge in [0.1, 0.15) is 0 Å². The highest BCUT2D eigenvalue weighted by Crippen LogP contribution is 2.40. The number of likely N-dealkylation sites (tertiary alicyclic amines) is 1. The third-order valence-electron chi connectivity index (χ3n) is 5.75. The van der Waals surface area contributed by atoms with Gasteiger partial charge >= 0.3 is 0 Å². The molecule has 156 valence electrons. The van der Waals surface area contributed by atoms with Crippen molar-refractivity contribution in [1.29, 1.82) is 0 Å². The molecule has 1 aliphatic heterocycles. The van der Waals surface area contributed by atoms with Crippen molar-refractivity contribution in [1.82, 2.24) is 29.8 Å². The maximum atomic E-state index is 13.3. The van der Waals surface area contributed by atoms with Gasteiger partial charge in [0, 0.05) is 50.2 Å². The van der Waals surface area contributed by atoms with Crippen molar-refractivity contribution in [2.75, 3.05) is 13.1 Å². The number of amides is 1. The molecule has 4 aromatic rings. The minimum absolute atomic E-state index is 0.0127. The molecular formula is C23H22N6O2. The Labute approximate surface area is 179 Å². The summed E-state index contributed by atoms with van der Waals surface area (Å²) in [4.78, 5) is 24.0. The first-order valence-electron chi connectivity index (χ1n) is 10.2. The van der Waals surface area contributed by atoms with Crippen molar-refractivity contribution >= 4 is 5.91 Å².